The van der Waals surface area contributed by atoms with E-state index in [-0.39, 0.29) is 23.7 Å². The molecule has 0 saturated heterocycles. The minimum Gasteiger partial charge on any atom is -0.360 e. The van der Waals surface area contributed by atoms with E-state index < -0.39 is 0 Å². The van der Waals surface area contributed by atoms with Gasteiger partial charge in [0.2, 0.25) is 5.91 Å². The number of amides is 2. The van der Waals surface area contributed by atoms with E-state index in [2.05, 4.69) is 15.8 Å². The van der Waals surface area contributed by atoms with E-state index in [0.29, 0.717) is 22.7 Å². The topological polar surface area (TPSA) is 84.2 Å². The minimum atomic E-state index is -0.243. The van der Waals surface area contributed by atoms with Gasteiger partial charge in [0.1, 0.15) is 5.56 Å². The maximum atomic E-state index is 12.5. The summed E-state index contributed by atoms with van der Waals surface area (Å²) in [6.45, 7) is 5.66. The fraction of sp³-hybridized carbons (Fsp3) is 0.389. The monoisotopic (exact) mass is 327 g/mol. The molecule has 126 valence electrons. The van der Waals surface area contributed by atoms with Gasteiger partial charge in [0.15, 0.2) is 5.76 Å². The number of nitrogens with zero attached hydrogens (tertiary/aromatic N) is 1. The number of rotatable bonds is 5. The van der Waals surface area contributed by atoms with Crippen LogP contribution in [0.2, 0.25) is 0 Å². The molecule has 1 heterocycles. The largest absolute Gasteiger partial charge is 0.360 e. The molecule has 0 atom stereocenters. The summed E-state index contributed by atoms with van der Waals surface area (Å²) in [4.78, 5) is 24.2. The van der Waals surface area contributed by atoms with Crippen molar-refractivity contribution < 1.29 is 14.1 Å². The van der Waals surface area contributed by atoms with Crippen LogP contribution in [0.4, 0.5) is 11.4 Å². The minimum absolute atomic E-state index is 0.0634. The summed E-state index contributed by atoms with van der Waals surface area (Å²) in [6.07, 6.45) is 1.94. The van der Waals surface area contributed by atoms with Gasteiger partial charge >= 0.3 is 0 Å². The molecule has 0 aliphatic heterocycles. The van der Waals surface area contributed by atoms with Crippen LogP contribution in [0.25, 0.3) is 0 Å². The Hall–Kier alpha value is -2.63. The highest BCUT2D eigenvalue weighted by molar-refractivity contribution is 6.06. The summed E-state index contributed by atoms with van der Waals surface area (Å²) in [5.74, 6) is 0.640. The summed E-state index contributed by atoms with van der Waals surface area (Å²) in [5, 5.41) is 9.60. The lowest BCUT2D eigenvalue weighted by Gasteiger charge is -2.09. The van der Waals surface area contributed by atoms with Crippen LogP contribution in [-0.2, 0) is 4.79 Å². The molecule has 1 aliphatic rings. The molecule has 1 saturated carbocycles. The zero-order valence-electron chi connectivity index (χ0n) is 14.1. The van der Waals surface area contributed by atoms with Crippen molar-refractivity contribution in [2.45, 2.75) is 39.5 Å². The van der Waals surface area contributed by atoms with Crippen LogP contribution in [0.1, 0.15) is 54.4 Å². The third-order valence-electron chi connectivity index (χ3n) is 4.00. The standard InChI is InChI=1S/C18H21N3O3/c1-10(2)16-15(11(3)21-24-16)18(23)20-14-8-6-13(7-9-14)19-17(22)12-4-5-12/h6-10,12H,4-5H2,1-3H3,(H,19,22)(H,20,23). The van der Waals surface area contributed by atoms with Crippen molar-refractivity contribution in [3.8, 4) is 0 Å². The van der Waals surface area contributed by atoms with Gasteiger partial charge in [-0.1, -0.05) is 19.0 Å². The summed E-state index contributed by atoms with van der Waals surface area (Å²) in [6, 6.07) is 7.08. The first-order chi connectivity index (χ1) is 11.5. The highest BCUT2D eigenvalue weighted by atomic mass is 16.5. The first-order valence-electron chi connectivity index (χ1n) is 8.14. The van der Waals surface area contributed by atoms with Crippen molar-refractivity contribution in [1.82, 2.24) is 5.16 Å². The molecule has 0 radical (unpaired) electrons. The van der Waals surface area contributed by atoms with Crippen molar-refractivity contribution in [1.29, 1.82) is 0 Å². The second-order valence-corrected chi connectivity index (χ2v) is 6.46. The van der Waals surface area contributed by atoms with E-state index in [0.717, 1.165) is 18.5 Å². The molecule has 2 N–H and O–H groups in total. The van der Waals surface area contributed by atoms with Crippen molar-refractivity contribution in [3.05, 3.63) is 41.3 Å². The molecule has 2 aromatic rings. The van der Waals surface area contributed by atoms with Gasteiger partial charge < -0.3 is 15.2 Å². The van der Waals surface area contributed by atoms with E-state index in [1.165, 1.54) is 0 Å². The Kier molecular flexibility index (Phi) is 4.38. The molecule has 6 nitrogen and oxygen atoms in total. The first kappa shape index (κ1) is 16.2. The number of aryl methyl sites for hydroxylation is 1. The molecule has 2 amide bonds. The highest BCUT2D eigenvalue weighted by Crippen LogP contribution is 2.30. The first-order valence-corrected chi connectivity index (χ1v) is 8.14. The van der Waals surface area contributed by atoms with E-state index in [4.69, 9.17) is 4.52 Å². The maximum Gasteiger partial charge on any atom is 0.261 e. The summed E-state index contributed by atoms with van der Waals surface area (Å²) >= 11 is 0. The summed E-state index contributed by atoms with van der Waals surface area (Å²) < 4.78 is 5.25. The average molecular weight is 327 g/mol. The number of carbonyl (C=O) groups is 2. The van der Waals surface area contributed by atoms with Gasteiger partial charge in [-0.25, -0.2) is 0 Å². The van der Waals surface area contributed by atoms with Crippen molar-refractivity contribution in [3.63, 3.8) is 0 Å². The van der Waals surface area contributed by atoms with Gasteiger partial charge in [0.25, 0.3) is 5.91 Å². The summed E-state index contributed by atoms with van der Waals surface area (Å²) in [7, 11) is 0. The number of carbonyl (C=O) groups excluding carboxylic acids is 2. The Labute approximate surface area is 140 Å². The molecular weight excluding hydrogens is 306 g/mol. The Bertz CT molecular complexity index is 758. The Balaban J connectivity index is 1.68. The summed E-state index contributed by atoms with van der Waals surface area (Å²) in [5.41, 5.74) is 2.44. The molecule has 0 bridgehead atoms. The van der Waals surface area contributed by atoms with Gasteiger partial charge in [0, 0.05) is 23.2 Å². The van der Waals surface area contributed by atoms with Gasteiger partial charge in [-0.3, -0.25) is 9.59 Å². The van der Waals surface area contributed by atoms with Crippen molar-refractivity contribution in [2.24, 2.45) is 5.92 Å². The van der Waals surface area contributed by atoms with E-state index in [1.807, 2.05) is 13.8 Å². The van der Waals surface area contributed by atoms with Crippen LogP contribution >= 0.6 is 0 Å². The molecule has 6 heteroatoms. The highest BCUT2D eigenvalue weighted by Gasteiger charge is 2.29. The van der Waals surface area contributed by atoms with E-state index >= 15 is 0 Å². The number of anilines is 2. The second kappa shape index (κ2) is 6.47. The van der Waals surface area contributed by atoms with Crippen LogP contribution in [-0.4, -0.2) is 17.0 Å². The number of hydrogen-bond donors (Lipinski definition) is 2. The Morgan fingerprint density at radius 2 is 1.71 bits per heavy atom. The Morgan fingerprint density at radius 1 is 1.12 bits per heavy atom. The third kappa shape index (κ3) is 3.48. The lowest BCUT2D eigenvalue weighted by Crippen LogP contribution is -2.15. The van der Waals surface area contributed by atoms with Crippen LogP contribution < -0.4 is 10.6 Å². The van der Waals surface area contributed by atoms with Crippen LogP contribution in [0, 0.1) is 12.8 Å². The van der Waals surface area contributed by atoms with Crippen LogP contribution in [0.15, 0.2) is 28.8 Å². The molecular formula is C18H21N3O3. The number of nitrogens with one attached hydrogen (secondary N) is 2. The fourth-order valence-corrected chi connectivity index (χ4v) is 2.48. The zero-order chi connectivity index (χ0) is 17.3. The molecule has 0 unspecified atom stereocenters. The molecule has 3 rings (SSSR count). The van der Waals surface area contributed by atoms with Gasteiger partial charge in [-0.05, 0) is 44.0 Å². The quantitative estimate of drug-likeness (QED) is 0.877. The van der Waals surface area contributed by atoms with Gasteiger partial charge in [0.05, 0.1) is 5.69 Å². The smallest absolute Gasteiger partial charge is 0.261 e. The van der Waals surface area contributed by atoms with Crippen molar-refractivity contribution >= 4 is 23.2 Å². The molecule has 1 fully saturated rings. The lowest BCUT2D eigenvalue weighted by atomic mass is 10.0. The average Bonchev–Trinajstić information content (AvgIpc) is 3.31. The maximum absolute atomic E-state index is 12.5. The second-order valence-electron chi connectivity index (χ2n) is 6.46. The van der Waals surface area contributed by atoms with Gasteiger partial charge in [-0.2, -0.15) is 0 Å². The fourth-order valence-electron chi connectivity index (χ4n) is 2.48. The van der Waals surface area contributed by atoms with Crippen LogP contribution in [0.5, 0.6) is 0 Å². The number of aromatic nitrogens is 1. The Morgan fingerprint density at radius 3 is 2.25 bits per heavy atom. The molecule has 1 aromatic carbocycles. The zero-order valence-corrected chi connectivity index (χ0v) is 14.1. The number of benzene rings is 1. The van der Waals surface area contributed by atoms with E-state index in [9.17, 15) is 9.59 Å². The molecule has 1 aliphatic carbocycles. The predicted octanol–water partition coefficient (Wildman–Crippen LogP) is 3.71. The SMILES string of the molecule is Cc1noc(C(C)C)c1C(=O)Nc1ccc(NC(=O)C2CC2)cc1. The van der Waals surface area contributed by atoms with Crippen LogP contribution in [0.3, 0.4) is 0 Å². The predicted molar refractivity (Wildman–Crippen MR) is 91.1 cm³/mol. The van der Waals surface area contributed by atoms with Crippen molar-refractivity contribution in [2.75, 3.05) is 10.6 Å². The third-order valence-corrected chi connectivity index (χ3v) is 4.00. The normalized spacial score (nSPS) is 13.8. The number of hydrogen-bond acceptors (Lipinski definition) is 4. The molecule has 0 spiro atoms. The molecule has 24 heavy (non-hydrogen) atoms. The van der Waals surface area contributed by atoms with E-state index in [1.54, 1.807) is 31.2 Å². The molecule has 1 aromatic heterocycles. The van der Waals surface area contributed by atoms with Gasteiger partial charge in [-0.15, -0.1) is 0 Å². The lowest BCUT2D eigenvalue weighted by molar-refractivity contribution is -0.117.